The molecule has 1 saturated carbocycles. The van der Waals surface area contributed by atoms with Crippen LogP contribution in [0.5, 0.6) is 0 Å². The highest BCUT2D eigenvalue weighted by Gasteiger charge is 2.58. The van der Waals surface area contributed by atoms with Crippen molar-refractivity contribution < 1.29 is 26.4 Å². The Morgan fingerprint density at radius 1 is 1.21 bits per heavy atom. The van der Waals surface area contributed by atoms with E-state index in [4.69, 9.17) is 0 Å². The first-order chi connectivity index (χ1) is 15.9. The third kappa shape index (κ3) is 4.76. The summed E-state index contributed by atoms with van der Waals surface area (Å²) in [4.78, 5) is 19.1. The molecular formula is C23H27F3N4O3S. The maximum atomic E-state index is 15.5. The Labute approximate surface area is 197 Å². The summed E-state index contributed by atoms with van der Waals surface area (Å²) in [7, 11) is -1.15. The lowest BCUT2D eigenvalue weighted by molar-refractivity contribution is -0.00500. The van der Waals surface area contributed by atoms with Gasteiger partial charge in [-0.25, -0.2) is 31.1 Å². The normalized spacial score (nSPS) is 22.1. The molecule has 184 valence electrons. The zero-order valence-corrected chi connectivity index (χ0v) is 19.9. The van der Waals surface area contributed by atoms with Crippen molar-refractivity contribution in [3.05, 3.63) is 53.5 Å². The molecule has 1 aliphatic heterocycles. The number of carbonyl (C=O) groups is 1. The van der Waals surface area contributed by atoms with Gasteiger partial charge in [0.2, 0.25) is 10.0 Å². The summed E-state index contributed by atoms with van der Waals surface area (Å²) in [5.41, 5.74) is 1.38. The lowest BCUT2D eigenvalue weighted by Gasteiger charge is -2.30. The average molecular weight is 497 g/mol. The Morgan fingerprint density at radius 3 is 2.50 bits per heavy atom. The number of hydrogen-bond donors (Lipinski definition) is 1. The van der Waals surface area contributed by atoms with Gasteiger partial charge in [0.25, 0.3) is 5.92 Å². The number of likely N-dealkylation sites (tertiary alicyclic amines) is 1. The van der Waals surface area contributed by atoms with Crippen LogP contribution in [0, 0.1) is 12.7 Å². The highest BCUT2D eigenvalue weighted by atomic mass is 32.2. The molecule has 2 aromatic rings. The molecule has 1 aromatic heterocycles. The Morgan fingerprint density at radius 2 is 1.88 bits per heavy atom. The number of halogens is 3. The molecule has 2 aliphatic rings. The number of aryl methyl sites for hydroxylation is 1. The topological polar surface area (TPSA) is 82.6 Å². The van der Waals surface area contributed by atoms with E-state index >= 15 is 13.2 Å². The van der Waals surface area contributed by atoms with Gasteiger partial charge in [0.05, 0.1) is 23.5 Å². The third-order valence-corrected chi connectivity index (χ3v) is 8.11. The number of nitrogens with one attached hydrogen (secondary N) is 1. The summed E-state index contributed by atoms with van der Waals surface area (Å²) < 4.78 is 73.0. The molecule has 2 fully saturated rings. The number of nitrogens with zero attached hydrogens (tertiary/aromatic N) is 3. The molecule has 11 heteroatoms. The van der Waals surface area contributed by atoms with Crippen molar-refractivity contribution in [2.75, 3.05) is 20.6 Å². The van der Waals surface area contributed by atoms with E-state index in [9.17, 15) is 13.2 Å². The van der Waals surface area contributed by atoms with Gasteiger partial charge in [0.15, 0.2) is 0 Å². The molecular weight excluding hydrogens is 469 g/mol. The fourth-order valence-electron chi connectivity index (χ4n) is 4.27. The van der Waals surface area contributed by atoms with Gasteiger partial charge in [-0.3, -0.25) is 4.98 Å². The molecule has 1 aromatic carbocycles. The van der Waals surface area contributed by atoms with Gasteiger partial charge >= 0.3 is 6.03 Å². The molecule has 2 heterocycles. The fourth-order valence-corrected chi connectivity index (χ4v) is 5.90. The maximum absolute atomic E-state index is 15.5. The fraction of sp³-hybridized carbons (Fsp3) is 0.478. The number of hydrogen-bond acceptors (Lipinski definition) is 4. The first kappa shape index (κ1) is 24.5. The second kappa shape index (κ2) is 8.84. The molecule has 4 rings (SSSR count). The van der Waals surface area contributed by atoms with Crippen molar-refractivity contribution in [1.82, 2.24) is 19.5 Å². The number of sulfonamides is 1. The molecule has 1 saturated heterocycles. The molecule has 2 amide bonds. The standard InChI is InChI=1S/C23H27F3N4O3S/c1-14-6-4-9-18(27-14)17-8-5-7-15(20(17)24)12-19-21(28-34(32,33)16-10-11-16)23(25,26)13-30(19)22(31)29(2)3/h4-9,16,19,21,28H,10-13H2,1-3H3/t19-,21+/m0/s1. The number of urea groups is 1. The first-order valence-electron chi connectivity index (χ1n) is 11.0. The molecule has 2 atom stereocenters. The SMILES string of the molecule is Cc1cccc(-c2cccc(C[C@H]3[C@@H](NS(=O)(=O)C4CC4)C(F)(F)CN3C(=O)N(C)C)c2F)n1. The van der Waals surface area contributed by atoms with Gasteiger partial charge in [0, 0.05) is 25.4 Å². The monoisotopic (exact) mass is 496 g/mol. The number of aromatic nitrogens is 1. The minimum atomic E-state index is -3.99. The van der Waals surface area contributed by atoms with Gasteiger partial charge in [-0.1, -0.05) is 18.2 Å². The third-order valence-electron chi connectivity index (χ3n) is 6.18. The van der Waals surface area contributed by atoms with Crippen molar-refractivity contribution in [3.63, 3.8) is 0 Å². The highest BCUT2D eigenvalue weighted by Crippen LogP contribution is 2.38. The van der Waals surface area contributed by atoms with Crippen LogP contribution in [-0.2, 0) is 16.4 Å². The minimum absolute atomic E-state index is 0.0932. The summed E-state index contributed by atoms with van der Waals surface area (Å²) in [6.07, 6.45) is 0.510. The van der Waals surface area contributed by atoms with E-state index in [1.54, 1.807) is 37.3 Å². The number of rotatable bonds is 6. The van der Waals surface area contributed by atoms with Crippen LogP contribution in [0.15, 0.2) is 36.4 Å². The van der Waals surface area contributed by atoms with Crippen LogP contribution in [0.2, 0.25) is 0 Å². The van der Waals surface area contributed by atoms with E-state index in [2.05, 4.69) is 9.71 Å². The van der Waals surface area contributed by atoms with Crippen molar-refractivity contribution in [2.45, 2.75) is 49.4 Å². The zero-order valence-electron chi connectivity index (χ0n) is 19.1. The van der Waals surface area contributed by atoms with E-state index in [0.717, 1.165) is 9.80 Å². The largest absolute Gasteiger partial charge is 0.331 e. The molecule has 0 radical (unpaired) electrons. The van der Waals surface area contributed by atoms with Crippen molar-refractivity contribution in [1.29, 1.82) is 0 Å². The van der Waals surface area contributed by atoms with Crippen LogP contribution in [-0.4, -0.2) is 73.1 Å². The summed E-state index contributed by atoms with van der Waals surface area (Å²) in [5.74, 6) is -4.17. The Kier molecular flexibility index (Phi) is 6.36. The quantitative estimate of drug-likeness (QED) is 0.666. The van der Waals surface area contributed by atoms with E-state index in [0.29, 0.717) is 24.2 Å². The molecule has 1 aliphatic carbocycles. The number of carbonyl (C=O) groups excluding carboxylic acids is 1. The van der Waals surface area contributed by atoms with Gasteiger partial charge < -0.3 is 9.80 Å². The number of benzene rings is 1. The molecule has 0 spiro atoms. The van der Waals surface area contributed by atoms with E-state index < -0.39 is 51.7 Å². The lowest BCUT2D eigenvalue weighted by atomic mass is 9.96. The Bertz CT molecular complexity index is 1200. The van der Waals surface area contributed by atoms with Crippen molar-refractivity contribution in [3.8, 4) is 11.3 Å². The van der Waals surface area contributed by atoms with Crippen LogP contribution in [0.1, 0.15) is 24.1 Å². The Balaban J connectivity index is 1.72. The Hall–Kier alpha value is -2.66. The number of pyridine rings is 1. The number of amides is 2. The molecule has 0 unspecified atom stereocenters. The predicted molar refractivity (Wildman–Crippen MR) is 121 cm³/mol. The van der Waals surface area contributed by atoms with E-state index in [1.165, 1.54) is 20.2 Å². The van der Waals surface area contributed by atoms with Crippen LogP contribution in [0.4, 0.5) is 18.0 Å². The smallest absolute Gasteiger partial charge is 0.320 e. The molecule has 34 heavy (non-hydrogen) atoms. The highest BCUT2D eigenvalue weighted by molar-refractivity contribution is 7.90. The van der Waals surface area contributed by atoms with Gasteiger partial charge in [-0.2, -0.15) is 0 Å². The van der Waals surface area contributed by atoms with Gasteiger partial charge in [-0.05, 0) is 49.9 Å². The van der Waals surface area contributed by atoms with Crippen LogP contribution >= 0.6 is 0 Å². The summed E-state index contributed by atoms with van der Waals surface area (Å²) in [6.45, 7) is 0.806. The summed E-state index contributed by atoms with van der Waals surface area (Å²) in [6, 6.07) is 5.88. The van der Waals surface area contributed by atoms with Crippen LogP contribution in [0.3, 0.4) is 0 Å². The van der Waals surface area contributed by atoms with Gasteiger partial charge in [-0.15, -0.1) is 0 Å². The lowest BCUT2D eigenvalue weighted by Crippen LogP contribution is -2.53. The van der Waals surface area contributed by atoms with Gasteiger partial charge in [0.1, 0.15) is 11.9 Å². The van der Waals surface area contributed by atoms with Crippen molar-refractivity contribution in [2.24, 2.45) is 0 Å². The van der Waals surface area contributed by atoms with Crippen LogP contribution in [0.25, 0.3) is 11.3 Å². The maximum Gasteiger partial charge on any atom is 0.320 e. The molecule has 7 nitrogen and oxygen atoms in total. The minimum Gasteiger partial charge on any atom is -0.331 e. The van der Waals surface area contributed by atoms with E-state index in [-0.39, 0.29) is 17.5 Å². The second-order valence-electron chi connectivity index (χ2n) is 9.12. The number of alkyl halides is 2. The molecule has 1 N–H and O–H groups in total. The zero-order chi connectivity index (χ0) is 24.8. The summed E-state index contributed by atoms with van der Waals surface area (Å²) >= 11 is 0. The molecule has 0 bridgehead atoms. The first-order valence-corrected chi connectivity index (χ1v) is 12.5. The summed E-state index contributed by atoms with van der Waals surface area (Å²) in [5, 5.41) is -0.713. The predicted octanol–water partition coefficient (Wildman–Crippen LogP) is 3.19. The average Bonchev–Trinajstić information content (AvgIpc) is 3.58. The van der Waals surface area contributed by atoms with Crippen LogP contribution < -0.4 is 4.72 Å². The van der Waals surface area contributed by atoms with E-state index in [1.807, 2.05) is 0 Å². The second-order valence-corrected chi connectivity index (χ2v) is 11.1. The van der Waals surface area contributed by atoms with Crippen molar-refractivity contribution >= 4 is 16.1 Å².